The smallest absolute Gasteiger partial charge is 0.234 e. The molecule has 32 heavy (non-hydrogen) atoms. The number of pyridine rings is 1. The molecule has 1 atom stereocenters. The third-order valence-corrected chi connectivity index (χ3v) is 6.66. The lowest BCUT2D eigenvalue weighted by Crippen LogP contribution is -2.37. The molecule has 1 aliphatic heterocycles. The van der Waals surface area contributed by atoms with Crippen molar-refractivity contribution in [2.45, 2.75) is 19.9 Å². The highest BCUT2D eigenvalue weighted by molar-refractivity contribution is 7.22. The lowest BCUT2D eigenvalue weighted by Gasteiger charge is -2.23. The Morgan fingerprint density at radius 1 is 1.12 bits per heavy atom. The van der Waals surface area contributed by atoms with Crippen LogP contribution in [-0.2, 0) is 16.1 Å². The largest absolute Gasteiger partial charge is 0.312 e. The molecule has 0 radical (unpaired) electrons. The van der Waals surface area contributed by atoms with Crippen LogP contribution >= 0.6 is 11.3 Å². The SMILES string of the molecule is Cc1ccc2nc(N(Cc3ccccn3)C(=O)C3CC(=O)N(c4ccccc4)C3)sc2c1. The number of carbonyl (C=O) groups excluding carboxylic acids is 2. The predicted octanol–water partition coefficient (Wildman–Crippen LogP) is 4.59. The van der Waals surface area contributed by atoms with Crippen LogP contribution in [0.15, 0.2) is 72.9 Å². The van der Waals surface area contributed by atoms with E-state index in [9.17, 15) is 9.59 Å². The van der Waals surface area contributed by atoms with Crippen molar-refractivity contribution in [1.82, 2.24) is 9.97 Å². The third-order valence-electron chi connectivity index (χ3n) is 5.62. The average molecular weight is 443 g/mol. The molecule has 0 N–H and O–H groups in total. The zero-order valence-corrected chi connectivity index (χ0v) is 18.5. The van der Waals surface area contributed by atoms with E-state index in [2.05, 4.69) is 11.1 Å². The Morgan fingerprint density at radius 2 is 1.94 bits per heavy atom. The van der Waals surface area contributed by atoms with Gasteiger partial charge in [0, 0.05) is 24.8 Å². The van der Waals surface area contributed by atoms with Crippen molar-refractivity contribution in [3.8, 4) is 0 Å². The van der Waals surface area contributed by atoms with Gasteiger partial charge in [-0.3, -0.25) is 19.5 Å². The van der Waals surface area contributed by atoms with E-state index >= 15 is 0 Å². The van der Waals surface area contributed by atoms with Crippen molar-refractivity contribution in [3.63, 3.8) is 0 Å². The van der Waals surface area contributed by atoms with E-state index in [4.69, 9.17) is 4.98 Å². The van der Waals surface area contributed by atoms with Crippen LogP contribution in [0.2, 0.25) is 0 Å². The topological polar surface area (TPSA) is 66.4 Å². The van der Waals surface area contributed by atoms with E-state index < -0.39 is 5.92 Å². The Labute approximate surface area is 190 Å². The second kappa shape index (κ2) is 8.51. The number of thiazole rings is 1. The molecule has 1 aliphatic rings. The Bertz CT molecular complexity index is 1270. The Hall–Kier alpha value is -3.58. The molecule has 5 rings (SSSR count). The van der Waals surface area contributed by atoms with E-state index in [1.54, 1.807) is 16.0 Å². The van der Waals surface area contributed by atoms with Gasteiger partial charge in [0.05, 0.1) is 28.4 Å². The number of hydrogen-bond donors (Lipinski definition) is 0. The molecule has 6 nitrogen and oxygen atoms in total. The number of nitrogens with zero attached hydrogens (tertiary/aromatic N) is 4. The van der Waals surface area contributed by atoms with E-state index in [0.29, 0.717) is 18.2 Å². The van der Waals surface area contributed by atoms with Gasteiger partial charge in [-0.05, 0) is 48.9 Å². The van der Waals surface area contributed by atoms with Crippen LogP contribution in [0, 0.1) is 12.8 Å². The number of aryl methyl sites for hydroxylation is 1. The normalized spacial score (nSPS) is 16.0. The fraction of sp³-hybridized carbons (Fsp3) is 0.200. The second-order valence-corrected chi connectivity index (χ2v) is 8.96. The first kappa shape index (κ1) is 20.3. The van der Waals surface area contributed by atoms with Crippen molar-refractivity contribution in [2.75, 3.05) is 16.3 Å². The van der Waals surface area contributed by atoms with Crippen molar-refractivity contribution in [3.05, 3.63) is 84.2 Å². The number of para-hydroxylation sites is 1. The summed E-state index contributed by atoms with van der Waals surface area (Å²) in [5.41, 5.74) is 3.61. The lowest BCUT2D eigenvalue weighted by molar-refractivity contribution is -0.124. The number of hydrogen-bond acceptors (Lipinski definition) is 5. The first-order chi connectivity index (χ1) is 15.6. The predicted molar refractivity (Wildman–Crippen MR) is 127 cm³/mol. The van der Waals surface area contributed by atoms with Crippen LogP contribution in [-0.4, -0.2) is 28.3 Å². The van der Waals surface area contributed by atoms with E-state index in [-0.39, 0.29) is 18.2 Å². The minimum atomic E-state index is -0.430. The van der Waals surface area contributed by atoms with Gasteiger partial charge in [0.1, 0.15) is 0 Å². The summed E-state index contributed by atoms with van der Waals surface area (Å²) in [6, 6.07) is 21.2. The maximum Gasteiger partial charge on any atom is 0.234 e. The van der Waals surface area contributed by atoms with Gasteiger partial charge in [0.15, 0.2) is 5.13 Å². The van der Waals surface area contributed by atoms with Crippen LogP contribution in [0.25, 0.3) is 10.2 Å². The quantitative estimate of drug-likeness (QED) is 0.454. The number of rotatable bonds is 5. The molecule has 3 heterocycles. The molecule has 2 aromatic carbocycles. The summed E-state index contributed by atoms with van der Waals surface area (Å²) in [6.07, 6.45) is 1.91. The fourth-order valence-electron chi connectivity index (χ4n) is 3.98. The zero-order chi connectivity index (χ0) is 22.1. The molecule has 1 fully saturated rings. The Kier molecular flexibility index (Phi) is 5.41. The van der Waals surface area contributed by atoms with Crippen molar-refractivity contribution >= 4 is 44.2 Å². The monoisotopic (exact) mass is 442 g/mol. The third kappa shape index (κ3) is 3.99. The summed E-state index contributed by atoms with van der Waals surface area (Å²) in [6.45, 7) is 2.72. The summed E-state index contributed by atoms with van der Waals surface area (Å²) in [5.74, 6) is -0.564. The number of aromatic nitrogens is 2. The molecular weight excluding hydrogens is 420 g/mol. The highest BCUT2D eigenvalue weighted by atomic mass is 32.1. The van der Waals surface area contributed by atoms with Crippen LogP contribution in [0.5, 0.6) is 0 Å². The van der Waals surface area contributed by atoms with Crippen LogP contribution in [0.3, 0.4) is 0 Å². The summed E-state index contributed by atoms with van der Waals surface area (Å²) >= 11 is 1.49. The molecule has 160 valence electrons. The molecule has 1 unspecified atom stereocenters. The molecule has 7 heteroatoms. The highest BCUT2D eigenvalue weighted by Gasteiger charge is 2.38. The average Bonchev–Trinajstić information content (AvgIpc) is 3.41. The minimum absolute atomic E-state index is 0.0349. The highest BCUT2D eigenvalue weighted by Crippen LogP contribution is 2.33. The van der Waals surface area contributed by atoms with E-state index in [1.807, 2.05) is 67.6 Å². The van der Waals surface area contributed by atoms with Gasteiger partial charge < -0.3 is 4.90 Å². The standard InChI is InChI=1S/C25H22N4O2S/c1-17-10-11-21-22(13-17)32-25(27-21)29(16-19-7-5-6-12-26-19)24(31)18-14-23(30)28(15-18)20-8-3-2-4-9-20/h2-13,18H,14-16H2,1H3. The van der Waals surface area contributed by atoms with Gasteiger partial charge in [-0.25, -0.2) is 4.98 Å². The lowest BCUT2D eigenvalue weighted by atomic mass is 10.1. The van der Waals surface area contributed by atoms with Crippen molar-refractivity contribution in [2.24, 2.45) is 5.92 Å². The van der Waals surface area contributed by atoms with Gasteiger partial charge in [-0.15, -0.1) is 0 Å². The molecular formula is C25H22N4O2S. The summed E-state index contributed by atoms with van der Waals surface area (Å²) in [7, 11) is 0. The van der Waals surface area contributed by atoms with E-state index in [1.165, 1.54) is 11.3 Å². The number of fused-ring (bicyclic) bond motifs is 1. The van der Waals surface area contributed by atoms with E-state index in [0.717, 1.165) is 27.2 Å². The fourth-order valence-corrected chi connectivity index (χ4v) is 5.05. The molecule has 4 aromatic rings. The molecule has 0 aliphatic carbocycles. The van der Waals surface area contributed by atoms with Gasteiger partial charge in [-0.1, -0.05) is 41.7 Å². The molecule has 0 bridgehead atoms. The first-order valence-corrected chi connectivity index (χ1v) is 11.3. The van der Waals surface area contributed by atoms with Gasteiger partial charge in [0.2, 0.25) is 11.8 Å². The second-order valence-electron chi connectivity index (χ2n) is 7.95. The van der Waals surface area contributed by atoms with Gasteiger partial charge >= 0.3 is 0 Å². The van der Waals surface area contributed by atoms with Crippen molar-refractivity contribution < 1.29 is 9.59 Å². The summed E-state index contributed by atoms with van der Waals surface area (Å²) < 4.78 is 1.03. The molecule has 1 saturated heterocycles. The van der Waals surface area contributed by atoms with Gasteiger partial charge in [0.25, 0.3) is 0 Å². The molecule has 2 aromatic heterocycles. The number of amides is 2. The first-order valence-electron chi connectivity index (χ1n) is 10.5. The Balaban J connectivity index is 1.47. The number of carbonyl (C=O) groups is 2. The molecule has 2 amide bonds. The minimum Gasteiger partial charge on any atom is -0.312 e. The maximum absolute atomic E-state index is 13.7. The number of anilines is 2. The summed E-state index contributed by atoms with van der Waals surface area (Å²) in [4.78, 5) is 38.9. The van der Waals surface area contributed by atoms with Crippen LogP contribution in [0.1, 0.15) is 17.7 Å². The Morgan fingerprint density at radius 3 is 2.72 bits per heavy atom. The van der Waals surface area contributed by atoms with Crippen LogP contribution < -0.4 is 9.80 Å². The van der Waals surface area contributed by atoms with Gasteiger partial charge in [-0.2, -0.15) is 0 Å². The van der Waals surface area contributed by atoms with Crippen LogP contribution in [0.4, 0.5) is 10.8 Å². The maximum atomic E-state index is 13.7. The number of benzene rings is 2. The zero-order valence-electron chi connectivity index (χ0n) is 17.6. The molecule has 0 spiro atoms. The summed E-state index contributed by atoms with van der Waals surface area (Å²) in [5, 5.41) is 0.631. The van der Waals surface area contributed by atoms with Crippen molar-refractivity contribution in [1.29, 1.82) is 0 Å². The molecule has 0 saturated carbocycles.